The van der Waals surface area contributed by atoms with Crippen molar-refractivity contribution in [2.45, 2.75) is 32.2 Å². The lowest BCUT2D eigenvalue weighted by molar-refractivity contribution is -0.141. The Morgan fingerprint density at radius 2 is 2.00 bits per heavy atom. The van der Waals surface area contributed by atoms with E-state index in [-0.39, 0.29) is 6.79 Å². The zero-order valence-corrected chi connectivity index (χ0v) is 13.5. The number of amides is 1. The van der Waals surface area contributed by atoms with E-state index in [1.54, 1.807) is 37.5 Å². The summed E-state index contributed by atoms with van der Waals surface area (Å²) in [6.07, 6.45) is 5.01. The maximum atomic E-state index is 11.8. The average molecular weight is 321 g/mol. The second-order valence-corrected chi connectivity index (χ2v) is 4.99. The van der Waals surface area contributed by atoms with E-state index in [9.17, 15) is 9.59 Å². The Kier molecular flexibility index (Phi) is 8.46. The standard InChI is InChI=1S/C17H23NO5/c1-3-4-5-15(17(20)21)18-16(19)11-8-13-6-9-14(10-7-13)23-12-22-2/h6-11,15H,3-5,12H2,1-2H3,(H,18,19)(H,20,21)/b11-8+. The number of carbonyl (C=O) groups excluding carboxylic acids is 1. The van der Waals surface area contributed by atoms with Crippen LogP contribution in [0.25, 0.3) is 6.08 Å². The van der Waals surface area contributed by atoms with Gasteiger partial charge in [-0.15, -0.1) is 0 Å². The van der Waals surface area contributed by atoms with Crippen molar-refractivity contribution in [2.75, 3.05) is 13.9 Å². The molecule has 0 aromatic heterocycles. The number of rotatable bonds is 10. The highest BCUT2D eigenvalue weighted by molar-refractivity contribution is 5.94. The van der Waals surface area contributed by atoms with Crippen LogP contribution in [0.3, 0.4) is 0 Å². The fraction of sp³-hybridized carbons (Fsp3) is 0.412. The molecule has 2 N–H and O–H groups in total. The van der Waals surface area contributed by atoms with Gasteiger partial charge in [0.1, 0.15) is 11.8 Å². The molecule has 1 aromatic carbocycles. The van der Waals surface area contributed by atoms with Gasteiger partial charge in [-0.25, -0.2) is 4.79 Å². The van der Waals surface area contributed by atoms with Crippen LogP contribution in [-0.4, -0.2) is 36.9 Å². The second kappa shape index (κ2) is 10.4. The number of hydrogen-bond acceptors (Lipinski definition) is 4. The van der Waals surface area contributed by atoms with Crippen LogP contribution in [-0.2, 0) is 14.3 Å². The predicted molar refractivity (Wildman–Crippen MR) is 87.1 cm³/mol. The third-order valence-electron chi connectivity index (χ3n) is 3.11. The van der Waals surface area contributed by atoms with Crippen LogP contribution >= 0.6 is 0 Å². The molecule has 1 atom stereocenters. The van der Waals surface area contributed by atoms with Crippen LogP contribution < -0.4 is 10.1 Å². The Balaban J connectivity index is 2.54. The van der Waals surface area contributed by atoms with Crippen LogP contribution in [0.2, 0.25) is 0 Å². The van der Waals surface area contributed by atoms with Gasteiger partial charge in [-0.05, 0) is 30.2 Å². The summed E-state index contributed by atoms with van der Waals surface area (Å²) in [5, 5.41) is 11.6. The van der Waals surface area contributed by atoms with Crippen LogP contribution in [0.1, 0.15) is 31.7 Å². The normalized spacial score (nSPS) is 12.1. The SMILES string of the molecule is CCCCC(NC(=O)/C=C/c1ccc(OCOC)cc1)C(=O)O. The number of carboxylic acids is 1. The van der Waals surface area contributed by atoms with Gasteiger partial charge in [-0.1, -0.05) is 31.9 Å². The highest BCUT2D eigenvalue weighted by Crippen LogP contribution is 2.13. The number of benzene rings is 1. The summed E-state index contributed by atoms with van der Waals surface area (Å²) < 4.78 is 10.1. The van der Waals surface area contributed by atoms with Gasteiger partial charge in [-0.2, -0.15) is 0 Å². The second-order valence-electron chi connectivity index (χ2n) is 4.99. The van der Waals surface area contributed by atoms with E-state index in [4.69, 9.17) is 14.6 Å². The molecule has 6 nitrogen and oxygen atoms in total. The molecule has 1 amide bonds. The molecule has 0 bridgehead atoms. The number of carboxylic acid groups (broad SMARTS) is 1. The molecular weight excluding hydrogens is 298 g/mol. The maximum Gasteiger partial charge on any atom is 0.326 e. The first-order chi connectivity index (χ1) is 11.1. The van der Waals surface area contributed by atoms with Crippen LogP contribution in [0.4, 0.5) is 0 Å². The van der Waals surface area contributed by atoms with E-state index in [2.05, 4.69) is 5.32 Å². The Hall–Kier alpha value is -2.34. The van der Waals surface area contributed by atoms with Crippen molar-refractivity contribution in [3.05, 3.63) is 35.9 Å². The summed E-state index contributed by atoms with van der Waals surface area (Å²) in [4.78, 5) is 22.9. The number of unbranched alkanes of at least 4 members (excludes halogenated alkanes) is 1. The molecular formula is C17H23NO5. The monoisotopic (exact) mass is 321 g/mol. The highest BCUT2D eigenvalue weighted by Gasteiger charge is 2.17. The molecule has 0 aliphatic heterocycles. The summed E-state index contributed by atoms with van der Waals surface area (Å²) in [7, 11) is 1.54. The zero-order valence-electron chi connectivity index (χ0n) is 13.5. The molecule has 1 aromatic rings. The molecule has 126 valence electrons. The van der Waals surface area contributed by atoms with Gasteiger partial charge in [-0.3, -0.25) is 4.79 Å². The van der Waals surface area contributed by atoms with Crippen molar-refractivity contribution in [2.24, 2.45) is 0 Å². The molecule has 0 fully saturated rings. The molecule has 6 heteroatoms. The third-order valence-corrected chi connectivity index (χ3v) is 3.11. The largest absolute Gasteiger partial charge is 0.480 e. The number of carbonyl (C=O) groups is 2. The smallest absolute Gasteiger partial charge is 0.326 e. The Labute approximate surface area is 136 Å². The van der Waals surface area contributed by atoms with Gasteiger partial charge < -0.3 is 19.9 Å². The Morgan fingerprint density at radius 3 is 2.57 bits per heavy atom. The fourth-order valence-electron chi connectivity index (χ4n) is 1.86. The minimum absolute atomic E-state index is 0.173. The minimum Gasteiger partial charge on any atom is -0.480 e. The van der Waals surface area contributed by atoms with Crippen molar-refractivity contribution < 1.29 is 24.2 Å². The maximum absolute atomic E-state index is 11.8. The summed E-state index contributed by atoms with van der Waals surface area (Å²) >= 11 is 0. The first-order valence-electron chi connectivity index (χ1n) is 7.50. The molecule has 0 aliphatic carbocycles. The molecule has 1 unspecified atom stereocenters. The molecule has 0 aliphatic rings. The van der Waals surface area contributed by atoms with Gasteiger partial charge in [0.2, 0.25) is 5.91 Å². The van der Waals surface area contributed by atoms with E-state index in [0.717, 1.165) is 18.4 Å². The first-order valence-corrected chi connectivity index (χ1v) is 7.50. The zero-order chi connectivity index (χ0) is 17.1. The predicted octanol–water partition coefficient (Wildman–Crippen LogP) is 2.44. The van der Waals surface area contributed by atoms with Crippen LogP contribution in [0.15, 0.2) is 30.3 Å². The van der Waals surface area contributed by atoms with Gasteiger partial charge in [0, 0.05) is 13.2 Å². The van der Waals surface area contributed by atoms with Crippen LogP contribution in [0.5, 0.6) is 5.75 Å². The van der Waals surface area contributed by atoms with Crippen LogP contribution in [0, 0.1) is 0 Å². The molecule has 0 saturated heterocycles. The number of nitrogens with one attached hydrogen (secondary N) is 1. The van der Waals surface area contributed by atoms with Crippen molar-refractivity contribution >= 4 is 18.0 Å². The number of ether oxygens (including phenoxy) is 2. The molecule has 23 heavy (non-hydrogen) atoms. The number of methoxy groups -OCH3 is 1. The van der Waals surface area contributed by atoms with E-state index in [1.807, 2.05) is 6.92 Å². The van der Waals surface area contributed by atoms with Gasteiger partial charge in [0.15, 0.2) is 6.79 Å². The quantitative estimate of drug-likeness (QED) is 0.511. The van der Waals surface area contributed by atoms with Crippen molar-refractivity contribution in [1.29, 1.82) is 0 Å². The fourth-order valence-corrected chi connectivity index (χ4v) is 1.86. The molecule has 0 saturated carbocycles. The van der Waals surface area contributed by atoms with E-state index < -0.39 is 17.9 Å². The summed E-state index contributed by atoms with van der Waals surface area (Å²) in [6.45, 7) is 2.15. The lowest BCUT2D eigenvalue weighted by Crippen LogP contribution is -2.39. The van der Waals surface area contributed by atoms with E-state index in [1.165, 1.54) is 6.08 Å². The Morgan fingerprint density at radius 1 is 1.30 bits per heavy atom. The first kappa shape index (κ1) is 18.7. The summed E-state index contributed by atoms with van der Waals surface area (Å²) in [6, 6.07) is 6.26. The van der Waals surface area contributed by atoms with Crippen molar-refractivity contribution in [1.82, 2.24) is 5.32 Å². The summed E-state index contributed by atoms with van der Waals surface area (Å²) in [5.74, 6) is -0.771. The van der Waals surface area contributed by atoms with E-state index >= 15 is 0 Å². The minimum atomic E-state index is -1.01. The van der Waals surface area contributed by atoms with Crippen molar-refractivity contribution in [3.8, 4) is 5.75 Å². The topological polar surface area (TPSA) is 84.9 Å². The van der Waals surface area contributed by atoms with Gasteiger partial charge >= 0.3 is 5.97 Å². The third kappa shape index (κ3) is 7.46. The molecule has 0 spiro atoms. The van der Waals surface area contributed by atoms with Crippen molar-refractivity contribution in [3.63, 3.8) is 0 Å². The summed E-state index contributed by atoms with van der Waals surface area (Å²) in [5.41, 5.74) is 0.811. The van der Waals surface area contributed by atoms with Gasteiger partial charge in [0.25, 0.3) is 0 Å². The molecule has 0 heterocycles. The Bertz CT molecular complexity index is 524. The van der Waals surface area contributed by atoms with E-state index in [0.29, 0.717) is 12.2 Å². The molecule has 1 rings (SSSR count). The number of aliphatic carboxylic acids is 1. The number of hydrogen-bond donors (Lipinski definition) is 2. The highest BCUT2D eigenvalue weighted by atomic mass is 16.7. The average Bonchev–Trinajstić information content (AvgIpc) is 2.55. The molecule has 0 radical (unpaired) electrons. The lowest BCUT2D eigenvalue weighted by Gasteiger charge is -2.12. The van der Waals surface area contributed by atoms with Gasteiger partial charge in [0.05, 0.1) is 0 Å². The lowest BCUT2D eigenvalue weighted by atomic mass is 10.1.